The van der Waals surface area contributed by atoms with E-state index in [1.54, 1.807) is 0 Å². The van der Waals surface area contributed by atoms with E-state index in [9.17, 15) is 4.79 Å². The van der Waals surface area contributed by atoms with Crippen molar-refractivity contribution in [3.63, 3.8) is 0 Å². The maximum atomic E-state index is 11.4. The maximum Gasteiger partial charge on any atom is 0.220 e. The second kappa shape index (κ2) is 7.07. The summed E-state index contributed by atoms with van der Waals surface area (Å²) in [6.07, 6.45) is 4.16. The lowest BCUT2D eigenvalue weighted by Crippen LogP contribution is -2.45. The van der Waals surface area contributed by atoms with Crippen molar-refractivity contribution >= 4 is 5.91 Å². The molecular formula is C13H25N3O2. The molecule has 5 nitrogen and oxygen atoms in total. The molecule has 1 aliphatic carbocycles. The van der Waals surface area contributed by atoms with Gasteiger partial charge in [0, 0.05) is 32.1 Å². The summed E-state index contributed by atoms with van der Waals surface area (Å²) in [4.78, 5) is 13.7. The average Bonchev–Trinajstić information content (AvgIpc) is 3.12. The smallest absolute Gasteiger partial charge is 0.220 e. The number of carbonyl (C=O) groups excluding carboxylic acids is 1. The Balaban J connectivity index is 1.44. The van der Waals surface area contributed by atoms with E-state index in [0.717, 1.165) is 52.0 Å². The summed E-state index contributed by atoms with van der Waals surface area (Å²) in [5.74, 6) is 0.202. The first-order valence-corrected chi connectivity index (χ1v) is 7.04. The first kappa shape index (κ1) is 13.8. The number of likely N-dealkylation sites (N-methyl/N-ethyl adjacent to an activating group) is 1. The molecule has 1 unspecified atom stereocenters. The molecule has 1 saturated heterocycles. The van der Waals surface area contributed by atoms with Crippen molar-refractivity contribution < 1.29 is 9.53 Å². The van der Waals surface area contributed by atoms with E-state index in [0.29, 0.717) is 18.6 Å². The Kier molecular flexibility index (Phi) is 5.41. The topological polar surface area (TPSA) is 53.6 Å². The van der Waals surface area contributed by atoms with Crippen LogP contribution in [0.1, 0.15) is 25.7 Å². The molecule has 0 spiro atoms. The lowest BCUT2D eigenvalue weighted by Gasteiger charge is -2.30. The van der Waals surface area contributed by atoms with Crippen LogP contribution in [0.25, 0.3) is 0 Å². The van der Waals surface area contributed by atoms with Gasteiger partial charge >= 0.3 is 0 Å². The minimum Gasteiger partial charge on any atom is -0.374 e. The van der Waals surface area contributed by atoms with Crippen LogP contribution in [0.4, 0.5) is 0 Å². The van der Waals surface area contributed by atoms with Gasteiger partial charge in [0.05, 0.1) is 12.7 Å². The van der Waals surface area contributed by atoms with Crippen LogP contribution >= 0.6 is 0 Å². The highest BCUT2D eigenvalue weighted by atomic mass is 16.5. The van der Waals surface area contributed by atoms with Crippen LogP contribution in [-0.4, -0.2) is 62.8 Å². The Hall–Kier alpha value is -0.650. The molecule has 1 saturated carbocycles. The van der Waals surface area contributed by atoms with Gasteiger partial charge in [-0.2, -0.15) is 0 Å². The highest BCUT2D eigenvalue weighted by molar-refractivity contribution is 5.76. The summed E-state index contributed by atoms with van der Waals surface area (Å²) in [5.41, 5.74) is 0. The number of nitrogens with zero attached hydrogens (tertiary/aromatic N) is 1. The van der Waals surface area contributed by atoms with Crippen molar-refractivity contribution in [1.29, 1.82) is 0 Å². The van der Waals surface area contributed by atoms with Crippen molar-refractivity contribution in [2.75, 3.05) is 39.8 Å². The van der Waals surface area contributed by atoms with Crippen LogP contribution in [0, 0.1) is 0 Å². The predicted molar refractivity (Wildman–Crippen MR) is 70.5 cm³/mol. The number of nitrogens with one attached hydrogen (secondary N) is 2. The predicted octanol–water partition coefficient (Wildman–Crippen LogP) is -0.0346. The third-order valence-corrected chi connectivity index (χ3v) is 3.41. The van der Waals surface area contributed by atoms with E-state index in [1.807, 2.05) is 0 Å². The third-order valence-electron chi connectivity index (χ3n) is 3.41. The second-order valence-corrected chi connectivity index (χ2v) is 5.40. The molecule has 0 aromatic heterocycles. The Morgan fingerprint density at radius 2 is 2.28 bits per heavy atom. The number of rotatable bonds is 7. The molecule has 0 aromatic carbocycles. The van der Waals surface area contributed by atoms with Gasteiger partial charge in [-0.25, -0.2) is 0 Å². The number of ether oxygens (including phenoxy) is 1. The maximum absolute atomic E-state index is 11.4. The van der Waals surface area contributed by atoms with Gasteiger partial charge in [0.25, 0.3) is 0 Å². The van der Waals surface area contributed by atoms with Gasteiger partial charge in [0.2, 0.25) is 5.91 Å². The summed E-state index contributed by atoms with van der Waals surface area (Å²) in [5, 5.41) is 6.37. The molecule has 1 heterocycles. The molecule has 1 atom stereocenters. The van der Waals surface area contributed by atoms with Gasteiger partial charge in [0.1, 0.15) is 0 Å². The molecule has 0 bridgehead atoms. The molecule has 5 heteroatoms. The molecule has 18 heavy (non-hydrogen) atoms. The Bertz CT molecular complexity index is 269. The number of amides is 1. The summed E-state index contributed by atoms with van der Waals surface area (Å²) in [7, 11) is 2.12. The standard InChI is InChI=1S/C13H25N3O2/c1-16-7-8-18-12(10-16)9-14-6-2-3-13(17)15-11-4-5-11/h11-12,14H,2-10H2,1H3,(H,15,17). The molecular weight excluding hydrogens is 230 g/mol. The fourth-order valence-electron chi connectivity index (χ4n) is 2.15. The zero-order valence-corrected chi connectivity index (χ0v) is 11.3. The normalized spacial score (nSPS) is 25.1. The minimum atomic E-state index is 0.202. The van der Waals surface area contributed by atoms with Crippen molar-refractivity contribution in [3.8, 4) is 0 Å². The van der Waals surface area contributed by atoms with Crippen LogP contribution < -0.4 is 10.6 Å². The lowest BCUT2D eigenvalue weighted by atomic mass is 10.2. The molecule has 2 fully saturated rings. The lowest BCUT2D eigenvalue weighted by molar-refractivity contribution is -0.121. The molecule has 2 aliphatic rings. The van der Waals surface area contributed by atoms with Crippen molar-refractivity contribution in [1.82, 2.24) is 15.5 Å². The molecule has 2 rings (SSSR count). The van der Waals surface area contributed by atoms with Crippen molar-refractivity contribution in [3.05, 3.63) is 0 Å². The minimum absolute atomic E-state index is 0.202. The fourth-order valence-corrected chi connectivity index (χ4v) is 2.15. The van der Waals surface area contributed by atoms with E-state index >= 15 is 0 Å². The van der Waals surface area contributed by atoms with Gasteiger partial charge in [-0.3, -0.25) is 4.79 Å². The number of carbonyl (C=O) groups is 1. The van der Waals surface area contributed by atoms with Gasteiger partial charge < -0.3 is 20.3 Å². The van der Waals surface area contributed by atoms with Crippen molar-refractivity contribution in [2.24, 2.45) is 0 Å². The Morgan fingerprint density at radius 3 is 3.00 bits per heavy atom. The fraction of sp³-hybridized carbons (Fsp3) is 0.923. The molecule has 1 aliphatic heterocycles. The number of hydrogen-bond donors (Lipinski definition) is 2. The summed E-state index contributed by atoms with van der Waals surface area (Å²) < 4.78 is 5.65. The molecule has 2 N–H and O–H groups in total. The molecule has 0 aromatic rings. The number of morpholine rings is 1. The second-order valence-electron chi connectivity index (χ2n) is 5.40. The monoisotopic (exact) mass is 255 g/mol. The van der Waals surface area contributed by atoms with E-state index in [4.69, 9.17) is 4.74 Å². The zero-order valence-electron chi connectivity index (χ0n) is 11.3. The van der Waals surface area contributed by atoms with Crippen LogP contribution in [0.5, 0.6) is 0 Å². The van der Waals surface area contributed by atoms with Gasteiger partial charge in [-0.15, -0.1) is 0 Å². The van der Waals surface area contributed by atoms with Crippen LogP contribution in [0.2, 0.25) is 0 Å². The van der Waals surface area contributed by atoms with E-state index in [2.05, 4.69) is 22.6 Å². The largest absolute Gasteiger partial charge is 0.374 e. The van der Waals surface area contributed by atoms with Crippen LogP contribution in [0.3, 0.4) is 0 Å². The van der Waals surface area contributed by atoms with E-state index < -0.39 is 0 Å². The first-order chi connectivity index (χ1) is 8.74. The van der Waals surface area contributed by atoms with Gasteiger partial charge in [-0.05, 0) is 32.9 Å². The highest BCUT2D eigenvalue weighted by Crippen LogP contribution is 2.18. The molecule has 0 radical (unpaired) electrons. The van der Waals surface area contributed by atoms with E-state index in [1.165, 1.54) is 0 Å². The summed E-state index contributed by atoms with van der Waals surface area (Å²) in [6.45, 7) is 4.62. The Labute approximate surface area is 109 Å². The first-order valence-electron chi connectivity index (χ1n) is 7.04. The third kappa shape index (κ3) is 5.33. The average molecular weight is 255 g/mol. The van der Waals surface area contributed by atoms with Gasteiger partial charge in [0.15, 0.2) is 0 Å². The molecule has 104 valence electrons. The van der Waals surface area contributed by atoms with Gasteiger partial charge in [-0.1, -0.05) is 0 Å². The molecule has 1 amide bonds. The quantitative estimate of drug-likeness (QED) is 0.627. The SMILES string of the molecule is CN1CCOC(CNCCCC(=O)NC2CC2)C1. The van der Waals surface area contributed by atoms with E-state index in [-0.39, 0.29) is 5.91 Å². The van der Waals surface area contributed by atoms with Crippen LogP contribution in [-0.2, 0) is 9.53 Å². The highest BCUT2D eigenvalue weighted by Gasteiger charge is 2.22. The van der Waals surface area contributed by atoms with Crippen molar-refractivity contribution in [2.45, 2.75) is 37.8 Å². The van der Waals surface area contributed by atoms with Crippen LogP contribution in [0.15, 0.2) is 0 Å². The number of hydrogen-bond acceptors (Lipinski definition) is 4. The summed E-state index contributed by atoms with van der Waals surface area (Å²) in [6, 6.07) is 0.483. The Morgan fingerprint density at radius 1 is 1.44 bits per heavy atom. The zero-order chi connectivity index (χ0) is 12.8. The summed E-state index contributed by atoms with van der Waals surface area (Å²) >= 11 is 0.